The Morgan fingerprint density at radius 1 is 1.26 bits per heavy atom. The topological polar surface area (TPSA) is 75.1 Å². The summed E-state index contributed by atoms with van der Waals surface area (Å²) in [7, 11) is 0. The first-order chi connectivity index (χ1) is 12.9. The van der Waals surface area contributed by atoms with Crippen molar-refractivity contribution in [3.8, 4) is 11.3 Å². The lowest BCUT2D eigenvalue weighted by atomic mass is 10.1. The summed E-state index contributed by atoms with van der Waals surface area (Å²) in [4.78, 5) is 19.4. The van der Waals surface area contributed by atoms with Crippen LogP contribution in [-0.2, 0) is 13.0 Å². The molecule has 0 atom stereocenters. The lowest BCUT2D eigenvalue weighted by Crippen LogP contribution is -2.30. The summed E-state index contributed by atoms with van der Waals surface area (Å²) in [6.07, 6.45) is 2.17. The number of anilines is 1. The number of fused-ring (bicyclic) bond motifs is 1. The number of H-pyrrole nitrogens is 1. The molecule has 0 saturated heterocycles. The van der Waals surface area contributed by atoms with Crippen molar-refractivity contribution in [2.75, 3.05) is 11.4 Å². The first-order valence-corrected chi connectivity index (χ1v) is 8.45. The molecule has 1 aliphatic rings. The van der Waals surface area contributed by atoms with Crippen LogP contribution in [0.25, 0.3) is 11.3 Å². The van der Waals surface area contributed by atoms with E-state index in [0.29, 0.717) is 25.2 Å². The van der Waals surface area contributed by atoms with Gasteiger partial charge in [-0.25, -0.2) is 8.78 Å². The van der Waals surface area contributed by atoms with Crippen LogP contribution in [-0.4, -0.2) is 21.4 Å². The van der Waals surface area contributed by atoms with E-state index in [1.807, 2.05) is 0 Å². The summed E-state index contributed by atoms with van der Waals surface area (Å²) in [5.74, 6) is -1.41. The van der Waals surface area contributed by atoms with E-state index in [1.54, 1.807) is 13.0 Å². The number of nitrogens with one attached hydrogen (secondary N) is 1. The number of hydrogen-bond donors (Lipinski definition) is 1. The first-order valence-electron chi connectivity index (χ1n) is 8.45. The monoisotopic (exact) mass is 370 g/mol. The van der Waals surface area contributed by atoms with Gasteiger partial charge in [-0.3, -0.25) is 0 Å². The van der Waals surface area contributed by atoms with Crippen LogP contribution in [0.15, 0.2) is 36.5 Å². The number of nitrogens with zero attached hydrogens (tertiary/aromatic N) is 3. The van der Waals surface area contributed by atoms with E-state index >= 15 is 0 Å². The van der Waals surface area contributed by atoms with Gasteiger partial charge in [-0.2, -0.15) is 0 Å². The molecule has 1 aliphatic heterocycles. The van der Waals surface area contributed by atoms with E-state index in [2.05, 4.69) is 14.9 Å². The molecule has 0 unspecified atom stereocenters. The van der Waals surface area contributed by atoms with Crippen molar-refractivity contribution in [1.29, 1.82) is 0 Å². The Kier molecular flexibility index (Phi) is 4.10. The number of aromatic nitrogens is 2. The summed E-state index contributed by atoms with van der Waals surface area (Å²) >= 11 is 0. The zero-order valence-corrected chi connectivity index (χ0v) is 14.5. The van der Waals surface area contributed by atoms with Gasteiger partial charge in [-0.05, 0) is 46.2 Å². The van der Waals surface area contributed by atoms with Gasteiger partial charge in [0.15, 0.2) is 6.20 Å². The molecule has 4 rings (SSSR count). The molecule has 0 bridgehead atoms. The maximum Gasteiger partial charge on any atom is 0.363 e. The van der Waals surface area contributed by atoms with Gasteiger partial charge in [-0.15, -0.1) is 0 Å². The Balaban J connectivity index is 1.65. The van der Waals surface area contributed by atoms with E-state index in [9.17, 15) is 18.9 Å². The molecule has 3 aromatic rings. The second-order valence-electron chi connectivity index (χ2n) is 6.54. The van der Waals surface area contributed by atoms with Gasteiger partial charge < -0.3 is 20.0 Å². The van der Waals surface area contributed by atoms with Crippen molar-refractivity contribution in [3.63, 3.8) is 0 Å². The highest BCUT2D eigenvalue weighted by atomic mass is 19.1. The first kappa shape index (κ1) is 17.1. The van der Waals surface area contributed by atoms with Crippen molar-refractivity contribution in [1.82, 2.24) is 9.97 Å². The van der Waals surface area contributed by atoms with Crippen molar-refractivity contribution < 1.29 is 13.7 Å². The van der Waals surface area contributed by atoms with Gasteiger partial charge in [0.05, 0.1) is 16.9 Å². The second kappa shape index (κ2) is 6.46. The lowest BCUT2D eigenvalue weighted by Gasteiger charge is -2.29. The molecule has 0 aliphatic carbocycles. The Morgan fingerprint density at radius 2 is 2.00 bits per heavy atom. The van der Waals surface area contributed by atoms with Crippen LogP contribution in [0.1, 0.15) is 16.8 Å². The molecule has 8 heteroatoms. The molecule has 1 aromatic carbocycles. The Hall–Kier alpha value is -3.29. The summed E-state index contributed by atoms with van der Waals surface area (Å²) in [6, 6.07) is 7.01. The minimum atomic E-state index is -0.610. The van der Waals surface area contributed by atoms with Crippen LogP contribution < -0.4 is 4.90 Å². The highest BCUT2D eigenvalue weighted by Crippen LogP contribution is 2.32. The maximum absolute atomic E-state index is 14.1. The number of nitro groups is 1. The van der Waals surface area contributed by atoms with E-state index in [1.165, 1.54) is 30.5 Å². The average molecular weight is 370 g/mol. The van der Waals surface area contributed by atoms with E-state index < -0.39 is 16.6 Å². The van der Waals surface area contributed by atoms with Gasteiger partial charge in [0.25, 0.3) is 0 Å². The predicted molar refractivity (Wildman–Crippen MR) is 96.5 cm³/mol. The number of halogens is 2. The van der Waals surface area contributed by atoms with Crippen LogP contribution in [0.5, 0.6) is 0 Å². The largest absolute Gasteiger partial charge is 0.363 e. The molecule has 0 saturated carbocycles. The number of pyridine rings is 1. The maximum atomic E-state index is 14.1. The Morgan fingerprint density at radius 3 is 2.67 bits per heavy atom. The lowest BCUT2D eigenvalue weighted by molar-refractivity contribution is -0.389. The summed E-state index contributed by atoms with van der Waals surface area (Å²) in [5.41, 5.74) is 3.80. The minimum Gasteiger partial charge on any atom is -0.363 e. The third-order valence-corrected chi connectivity index (χ3v) is 4.81. The van der Waals surface area contributed by atoms with Crippen LogP contribution in [0, 0.1) is 28.7 Å². The van der Waals surface area contributed by atoms with Crippen molar-refractivity contribution in [2.24, 2.45) is 0 Å². The van der Waals surface area contributed by atoms with E-state index in [0.717, 1.165) is 22.5 Å². The summed E-state index contributed by atoms with van der Waals surface area (Å²) in [5, 5.41) is 10.9. The third-order valence-electron chi connectivity index (χ3n) is 4.81. The fraction of sp³-hybridized carbons (Fsp3) is 0.211. The zero-order valence-electron chi connectivity index (χ0n) is 14.5. The molecule has 0 spiro atoms. The van der Waals surface area contributed by atoms with E-state index in [-0.39, 0.29) is 11.4 Å². The summed E-state index contributed by atoms with van der Waals surface area (Å²) in [6.45, 7) is 3.01. The smallest absolute Gasteiger partial charge is 0.363 e. The molecule has 0 amide bonds. The van der Waals surface area contributed by atoms with Crippen LogP contribution in [0.3, 0.4) is 0 Å². The Labute approximate surface area is 153 Å². The number of hydrogen-bond acceptors (Lipinski definition) is 4. The van der Waals surface area contributed by atoms with Gasteiger partial charge in [-0.1, -0.05) is 6.07 Å². The molecule has 3 heterocycles. The number of aromatic amines is 1. The van der Waals surface area contributed by atoms with Crippen LogP contribution in [0.2, 0.25) is 0 Å². The van der Waals surface area contributed by atoms with Crippen LogP contribution >= 0.6 is 0 Å². The summed E-state index contributed by atoms with van der Waals surface area (Å²) < 4.78 is 28.1. The normalized spacial score (nSPS) is 13.5. The van der Waals surface area contributed by atoms with Gasteiger partial charge in [0.1, 0.15) is 11.6 Å². The van der Waals surface area contributed by atoms with Gasteiger partial charge >= 0.3 is 5.82 Å². The molecule has 1 N–H and O–H groups in total. The molecule has 6 nitrogen and oxygen atoms in total. The fourth-order valence-corrected chi connectivity index (χ4v) is 3.50. The number of benzene rings is 1. The van der Waals surface area contributed by atoms with Crippen molar-refractivity contribution in [3.05, 3.63) is 75.1 Å². The van der Waals surface area contributed by atoms with Gasteiger partial charge in [0, 0.05) is 31.3 Å². The zero-order chi connectivity index (χ0) is 19.1. The molecule has 27 heavy (non-hydrogen) atoms. The third kappa shape index (κ3) is 3.03. The highest BCUT2D eigenvalue weighted by Gasteiger charge is 2.24. The fourth-order valence-electron chi connectivity index (χ4n) is 3.50. The van der Waals surface area contributed by atoms with Crippen LogP contribution in [0.4, 0.5) is 20.3 Å². The second-order valence-corrected chi connectivity index (χ2v) is 6.54. The molecule has 0 fully saturated rings. The molecule has 0 radical (unpaired) electrons. The highest BCUT2D eigenvalue weighted by molar-refractivity contribution is 5.64. The minimum absolute atomic E-state index is 0.0633. The van der Waals surface area contributed by atoms with E-state index in [4.69, 9.17) is 0 Å². The number of aryl methyl sites for hydroxylation is 1. The molecule has 2 aromatic heterocycles. The molecular weight excluding hydrogens is 354 g/mol. The quantitative estimate of drug-likeness (QED) is 0.556. The van der Waals surface area contributed by atoms with Crippen molar-refractivity contribution in [2.45, 2.75) is 19.9 Å². The number of rotatable bonds is 3. The molecular formula is C19H16F2N4O2. The predicted octanol–water partition coefficient (Wildman–Crippen LogP) is 4.13. The average Bonchev–Trinajstić information content (AvgIpc) is 3.04. The SMILES string of the molecule is Cc1cc([N+](=O)[O-])ncc1N1CCc2[nH]c(-c3c(F)cccc3F)cc2C1. The molecule has 138 valence electrons. The standard InChI is InChI=1S/C19H16F2N4O2/c1-11-7-18(25(26)27)22-9-17(11)24-6-5-15-12(10-24)8-16(23-15)19-13(20)3-2-4-14(19)21/h2-4,7-9,23H,5-6,10H2,1H3. The van der Waals surface area contributed by atoms with Crippen molar-refractivity contribution >= 4 is 11.5 Å². The Bertz CT molecular complexity index is 1030. The van der Waals surface area contributed by atoms with Gasteiger partial charge in [0.2, 0.25) is 0 Å².